The second-order valence-corrected chi connectivity index (χ2v) is 4.41. The summed E-state index contributed by atoms with van der Waals surface area (Å²) in [4.78, 5) is 20.3. The van der Waals surface area contributed by atoms with Gasteiger partial charge in [0.1, 0.15) is 5.69 Å². The van der Waals surface area contributed by atoms with Crippen molar-refractivity contribution in [1.29, 1.82) is 0 Å². The van der Waals surface area contributed by atoms with Gasteiger partial charge < -0.3 is 9.73 Å². The number of nitrogens with zero attached hydrogens (tertiary/aromatic N) is 2. The molecule has 0 atom stereocenters. The fourth-order valence-corrected chi connectivity index (χ4v) is 1.99. The highest BCUT2D eigenvalue weighted by molar-refractivity contribution is 5.93. The van der Waals surface area contributed by atoms with E-state index in [9.17, 15) is 4.79 Å². The van der Waals surface area contributed by atoms with Crippen LogP contribution in [0.15, 0.2) is 65.7 Å². The lowest BCUT2D eigenvalue weighted by molar-refractivity contribution is 0.0950. The Bertz CT molecular complexity index is 724. The molecule has 3 aromatic rings. The number of furan rings is 1. The van der Waals surface area contributed by atoms with Crippen LogP contribution < -0.4 is 5.32 Å². The summed E-state index contributed by atoms with van der Waals surface area (Å²) in [5, 5.41) is 2.86. The molecule has 0 aromatic carbocycles. The predicted molar refractivity (Wildman–Crippen MR) is 77.3 cm³/mol. The van der Waals surface area contributed by atoms with E-state index in [-0.39, 0.29) is 5.91 Å². The van der Waals surface area contributed by atoms with Crippen molar-refractivity contribution in [2.24, 2.45) is 0 Å². The molecule has 5 heteroatoms. The van der Waals surface area contributed by atoms with E-state index in [2.05, 4.69) is 15.3 Å². The van der Waals surface area contributed by atoms with Gasteiger partial charge in [0, 0.05) is 30.7 Å². The van der Waals surface area contributed by atoms with Gasteiger partial charge >= 0.3 is 0 Å². The summed E-state index contributed by atoms with van der Waals surface area (Å²) in [7, 11) is 0. The van der Waals surface area contributed by atoms with E-state index in [1.165, 1.54) is 6.20 Å². The van der Waals surface area contributed by atoms with Gasteiger partial charge in [0.25, 0.3) is 5.91 Å². The van der Waals surface area contributed by atoms with E-state index in [4.69, 9.17) is 4.42 Å². The Morgan fingerprint density at radius 1 is 1.14 bits per heavy atom. The van der Waals surface area contributed by atoms with Gasteiger partial charge in [0.2, 0.25) is 0 Å². The predicted octanol–water partition coefficient (Wildman–Crippen LogP) is 2.67. The average molecular weight is 279 g/mol. The highest BCUT2D eigenvalue weighted by atomic mass is 16.3. The zero-order chi connectivity index (χ0) is 14.5. The minimum atomic E-state index is -0.169. The van der Waals surface area contributed by atoms with Gasteiger partial charge in [-0.05, 0) is 30.3 Å². The van der Waals surface area contributed by atoms with Crippen LogP contribution >= 0.6 is 0 Å². The van der Waals surface area contributed by atoms with Crippen molar-refractivity contribution < 1.29 is 9.21 Å². The van der Waals surface area contributed by atoms with E-state index in [1.54, 1.807) is 30.8 Å². The third-order valence-corrected chi connectivity index (χ3v) is 3.01. The first-order chi connectivity index (χ1) is 10.3. The van der Waals surface area contributed by atoms with Gasteiger partial charge in [0.15, 0.2) is 5.76 Å². The van der Waals surface area contributed by atoms with Gasteiger partial charge in [-0.25, -0.2) is 0 Å². The molecule has 0 bridgehead atoms. The lowest BCUT2D eigenvalue weighted by Crippen LogP contribution is -2.23. The van der Waals surface area contributed by atoms with Crippen LogP contribution in [0.1, 0.15) is 15.9 Å². The van der Waals surface area contributed by atoms with Gasteiger partial charge in [-0.2, -0.15) is 0 Å². The second kappa shape index (κ2) is 6.00. The van der Waals surface area contributed by atoms with Crippen LogP contribution in [-0.2, 0) is 6.54 Å². The van der Waals surface area contributed by atoms with Crippen LogP contribution in [0.2, 0.25) is 0 Å². The molecule has 0 aliphatic rings. The molecular formula is C16H13N3O2. The highest BCUT2D eigenvalue weighted by Gasteiger charge is 2.10. The first kappa shape index (κ1) is 13.1. The second-order valence-electron chi connectivity index (χ2n) is 4.41. The molecule has 0 aliphatic carbocycles. The van der Waals surface area contributed by atoms with Gasteiger partial charge in [-0.15, -0.1) is 0 Å². The summed E-state index contributed by atoms with van der Waals surface area (Å²) in [6.07, 6.45) is 6.46. The number of pyridine rings is 2. The Kier molecular flexibility index (Phi) is 3.73. The summed E-state index contributed by atoms with van der Waals surface area (Å²) in [6, 6.07) is 10.8. The first-order valence-corrected chi connectivity index (χ1v) is 6.50. The van der Waals surface area contributed by atoms with Crippen LogP contribution in [0.25, 0.3) is 11.5 Å². The van der Waals surface area contributed by atoms with Crippen molar-refractivity contribution in [3.8, 4) is 11.5 Å². The Hall–Kier alpha value is -2.95. The third-order valence-electron chi connectivity index (χ3n) is 3.01. The normalized spacial score (nSPS) is 10.3. The van der Waals surface area contributed by atoms with Crippen molar-refractivity contribution in [2.75, 3.05) is 0 Å². The maximum Gasteiger partial charge on any atom is 0.253 e. The number of hydrogen-bond donors (Lipinski definition) is 1. The number of hydrogen-bond acceptors (Lipinski definition) is 4. The molecule has 0 saturated carbocycles. The molecule has 0 saturated heterocycles. The number of carbonyl (C=O) groups is 1. The first-order valence-electron chi connectivity index (χ1n) is 6.50. The summed E-state index contributed by atoms with van der Waals surface area (Å²) < 4.78 is 5.37. The zero-order valence-electron chi connectivity index (χ0n) is 11.2. The molecule has 3 rings (SSSR count). The minimum absolute atomic E-state index is 0.169. The van der Waals surface area contributed by atoms with Crippen molar-refractivity contribution in [2.45, 2.75) is 6.54 Å². The van der Waals surface area contributed by atoms with Gasteiger partial charge in [-0.1, -0.05) is 6.07 Å². The van der Waals surface area contributed by atoms with E-state index in [0.29, 0.717) is 17.9 Å². The topological polar surface area (TPSA) is 68.0 Å². The van der Waals surface area contributed by atoms with Crippen molar-refractivity contribution in [3.63, 3.8) is 0 Å². The molecule has 3 aromatic heterocycles. The molecule has 104 valence electrons. The number of carbonyl (C=O) groups excluding carboxylic acids is 1. The molecule has 1 N–H and O–H groups in total. The summed E-state index contributed by atoms with van der Waals surface area (Å²) >= 11 is 0. The Morgan fingerprint density at radius 2 is 2.05 bits per heavy atom. The number of amides is 1. The lowest BCUT2D eigenvalue weighted by Gasteiger charge is -2.08. The smallest absolute Gasteiger partial charge is 0.253 e. The van der Waals surface area contributed by atoms with E-state index < -0.39 is 0 Å². The molecule has 0 unspecified atom stereocenters. The molecule has 21 heavy (non-hydrogen) atoms. The number of nitrogens with one attached hydrogen (secondary N) is 1. The summed E-state index contributed by atoms with van der Waals surface area (Å²) in [5.74, 6) is 0.513. The lowest BCUT2D eigenvalue weighted by atomic mass is 10.1. The monoisotopic (exact) mass is 279 g/mol. The molecule has 3 heterocycles. The van der Waals surface area contributed by atoms with Crippen LogP contribution in [0.3, 0.4) is 0 Å². The molecule has 0 fully saturated rings. The molecule has 0 aliphatic heterocycles. The maximum atomic E-state index is 12.0. The van der Waals surface area contributed by atoms with E-state index in [1.807, 2.05) is 24.3 Å². The summed E-state index contributed by atoms with van der Waals surface area (Å²) in [6.45, 7) is 0.373. The van der Waals surface area contributed by atoms with Crippen LogP contribution in [0, 0.1) is 0 Å². The third kappa shape index (κ3) is 2.97. The fraction of sp³-hybridized carbons (Fsp3) is 0.0625. The van der Waals surface area contributed by atoms with Crippen molar-refractivity contribution in [1.82, 2.24) is 15.3 Å². The Morgan fingerprint density at radius 3 is 2.81 bits per heavy atom. The molecule has 1 amide bonds. The van der Waals surface area contributed by atoms with E-state index in [0.717, 1.165) is 11.3 Å². The average Bonchev–Trinajstić information content (AvgIpc) is 3.08. The van der Waals surface area contributed by atoms with Gasteiger partial charge in [-0.3, -0.25) is 14.8 Å². The quantitative estimate of drug-likeness (QED) is 0.797. The molecular weight excluding hydrogens is 266 g/mol. The number of aromatic nitrogens is 2. The number of rotatable bonds is 4. The van der Waals surface area contributed by atoms with Gasteiger partial charge in [0.05, 0.1) is 11.8 Å². The zero-order valence-corrected chi connectivity index (χ0v) is 11.2. The standard InChI is InChI=1S/C16H13N3O2/c20-16(13-5-1-7-17-10-13)19-11-12-4-2-8-18-15(12)14-6-3-9-21-14/h1-10H,11H2,(H,19,20). The van der Waals surface area contributed by atoms with Crippen LogP contribution in [0.4, 0.5) is 0 Å². The molecule has 0 spiro atoms. The van der Waals surface area contributed by atoms with Crippen molar-refractivity contribution >= 4 is 5.91 Å². The molecule has 0 radical (unpaired) electrons. The van der Waals surface area contributed by atoms with Crippen LogP contribution in [0.5, 0.6) is 0 Å². The Labute approximate surface area is 121 Å². The summed E-state index contributed by atoms with van der Waals surface area (Å²) in [5.41, 5.74) is 2.15. The highest BCUT2D eigenvalue weighted by Crippen LogP contribution is 2.21. The fourth-order valence-electron chi connectivity index (χ4n) is 1.99. The van der Waals surface area contributed by atoms with E-state index >= 15 is 0 Å². The van der Waals surface area contributed by atoms with Crippen molar-refractivity contribution in [3.05, 3.63) is 72.4 Å². The van der Waals surface area contributed by atoms with Crippen LogP contribution in [-0.4, -0.2) is 15.9 Å². The maximum absolute atomic E-state index is 12.0. The SMILES string of the molecule is O=C(NCc1cccnc1-c1ccco1)c1cccnc1. The Balaban J connectivity index is 1.76. The molecule has 5 nitrogen and oxygen atoms in total. The largest absolute Gasteiger partial charge is 0.463 e. The minimum Gasteiger partial charge on any atom is -0.463 e.